The van der Waals surface area contributed by atoms with Crippen LogP contribution < -0.4 is 10.6 Å². The van der Waals surface area contributed by atoms with E-state index in [0.717, 1.165) is 11.1 Å². The van der Waals surface area contributed by atoms with Gasteiger partial charge in [-0.2, -0.15) is 0 Å². The number of ether oxygens (including phenoxy) is 1. The van der Waals surface area contributed by atoms with E-state index in [-0.39, 0.29) is 17.7 Å². The summed E-state index contributed by atoms with van der Waals surface area (Å²) in [6.07, 6.45) is -0.142. The summed E-state index contributed by atoms with van der Waals surface area (Å²) >= 11 is 0. The number of aryl methyl sites for hydroxylation is 2. The molecule has 38 heavy (non-hydrogen) atoms. The lowest BCUT2D eigenvalue weighted by Gasteiger charge is -2.39. The molecule has 8 nitrogen and oxygen atoms in total. The van der Waals surface area contributed by atoms with Crippen LogP contribution in [0.4, 0.5) is 10.5 Å². The molecule has 3 unspecified atom stereocenters. The van der Waals surface area contributed by atoms with Crippen LogP contribution in [0.15, 0.2) is 42.5 Å². The van der Waals surface area contributed by atoms with Crippen molar-refractivity contribution in [1.29, 1.82) is 0 Å². The monoisotopic (exact) mass is 525 g/mol. The Morgan fingerprint density at radius 3 is 2.08 bits per heavy atom. The van der Waals surface area contributed by atoms with Gasteiger partial charge in [0.2, 0.25) is 5.91 Å². The predicted molar refractivity (Wildman–Crippen MR) is 150 cm³/mol. The second-order valence-electron chi connectivity index (χ2n) is 11.1. The fourth-order valence-corrected chi connectivity index (χ4v) is 4.24. The number of alkyl carbamates (subject to hydrolysis) is 1. The van der Waals surface area contributed by atoms with Crippen molar-refractivity contribution in [3.05, 3.63) is 59.2 Å². The van der Waals surface area contributed by atoms with Crippen molar-refractivity contribution in [2.75, 3.05) is 5.32 Å². The Bertz CT molecular complexity index is 1120. The fourth-order valence-electron chi connectivity index (χ4n) is 4.24. The second-order valence-corrected chi connectivity index (χ2v) is 11.1. The van der Waals surface area contributed by atoms with Crippen molar-refractivity contribution in [2.45, 2.75) is 92.5 Å². The van der Waals surface area contributed by atoms with Gasteiger partial charge in [-0.15, -0.1) is 0 Å². The number of benzene rings is 2. The van der Waals surface area contributed by atoms with Crippen molar-refractivity contribution in [3.63, 3.8) is 0 Å². The third-order valence-electron chi connectivity index (χ3n) is 6.37. The number of rotatable bonds is 9. The molecule has 0 heterocycles. The molecular formula is C30H43N3O5. The minimum absolute atomic E-state index is 0.0174. The molecule has 0 aliphatic rings. The van der Waals surface area contributed by atoms with Gasteiger partial charge < -0.3 is 25.4 Å². The molecule has 0 aliphatic carbocycles. The SMILES string of the molecule is CCC(C)N(C(=O)C(NC(=O)OC(C)(C)C)C(C)C)C(C(=O)Nc1c(C)cccc1C)c1cccc(O)c1. The molecule has 2 aromatic carbocycles. The smallest absolute Gasteiger partial charge is 0.408 e. The number of aromatic hydroxyl groups is 1. The number of carbonyl (C=O) groups excluding carboxylic acids is 3. The van der Waals surface area contributed by atoms with Gasteiger partial charge >= 0.3 is 6.09 Å². The molecule has 0 aromatic heterocycles. The molecule has 0 saturated heterocycles. The third kappa shape index (κ3) is 7.97. The summed E-state index contributed by atoms with van der Waals surface area (Å²) in [5.74, 6) is -1.13. The molecule has 0 spiro atoms. The summed E-state index contributed by atoms with van der Waals surface area (Å²) < 4.78 is 5.42. The molecule has 3 atom stereocenters. The number of hydrogen-bond acceptors (Lipinski definition) is 5. The molecule has 0 saturated carbocycles. The van der Waals surface area contributed by atoms with Crippen LogP contribution in [0.3, 0.4) is 0 Å². The molecule has 2 aromatic rings. The number of phenols is 1. The first-order valence-corrected chi connectivity index (χ1v) is 13.1. The van der Waals surface area contributed by atoms with Gasteiger partial charge in [0.1, 0.15) is 23.4 Å². The summed E-state index contributed by atoms with van der Waals surface area (Å²) in [6.45, 7) is 16.5. The van der Waals surface area contributed by atoms with Crippen LogP contribution in [0, 0.1) is 19.8 Å². The fraction of sp³-hybridized carbons (Fsp3) is 0.500. The van der Waals surface area contributed by atoms with Gasteiger partial charge in [-0.1, -0.05) is 51.1 Å². The molecule has 3 amide bonds. The number of hydrogen-bond donors (Lipinski definition) is 3. The zero-order valence-corrected chi connectivity index (χ0v) is 24.1. The van der Waals surface area contributed by atoms with Gasteiger partial charge in [-0.05, 0) is 82.7 Å². The summed E-state index contributed by atoms with van der Waals surface area (Å²) in [5.41, 5.74) is 2.18. The number of carbonyl (C=O) groups is 3. The average Bonchev–Trinajstić information content (AvgIpc) is 2.81. The van der Waals surface area contributed by atoms with E-state index in [0.29, 0.717) is 17.7 Å². The highest BCUT2D eigenvalue weighted by Crippen LogP contribution is 2.31. The Morgan fingerprint density at radius 1 is 1.00 bits per heavy atom. The first kappa shape index (κ1) is 30.7. The van der Waals surface area contributed by atoms with Crippen LogP contribution in [0.5, 0.6) is 5.75 Å². The predicted octanol–water partition coefficient (Wildman–Crippen LogP) is 5.87. The van der Waals surface area contributed by atoms with Crippen LogP contribution in [-0.2, 0) is 14.3 Å². The lowest BCUT2D eigenvalue weighted by molar-refractivity contribution is -0.144. The van der Waals surface area contributed by atoms with Crippen LogP contribution >= 0.6 is 0 Å². The summed E-state index contributed by atoms with van der Waals surface area (Å²) in [6, 6.07) is 9.72. The van der Waals surface area contributed by atoms with E-state index in [2.05, 4.69) is 10.6 Å². The Hall–Kier alpha value is -3.55. The van der Waals surface area contributed by atoms with Gasteiger partial charge in [0.15, 0.2) is 0 Å². The lowest BCUT2D eigenvalue weighted by atomic mass is 9.96. The Morgan fingerprint density at radius 2 is 1.58 bits per heavy atom. The summed E-state index contributed by atoms with van der Waals surface area (Å²) in [4.78, 5) is 42.4. The third-order valence-corrected chi connectivity index (χ3v) is 6.37. The van der Waals surface area contributed by atoms with E-state index in [1.807, 2.05) is 59.7 Å². The molecule has 2 rings (SSSR count). The van der Waals surface area contributed by atoms with Gasteiger partial charge in [0.25, 0.3) is 5.91 Å². The normalized spacial score (nSPS) is 13.8. The molecule has 208 valence electrons. The maximum Gasteiger partial charge on any atom is 0.408 e. The largest absolute Gasteiger partial charge is 0.508 e. The highest BCUT2D eigenvalue weighted by atomic mass is 16.6. The van der Waals surface area contributed by atoms with E-state index >= 15 is 0 Å². The van der Waals surface area contributed by atoms with E-state index in [1.54, 1.807) is 32.9 Å². The molecule has 0 bridgehead atoms. The molecule has 0 fully saturated rings. The van der Waals surface area contributed by atoms with E-state index in [1.165, 1.54) is 17.0 Å². The van der Waals surface area contributed by atoms with Crippen molar-refractivity contribution >= 4 is 23.6 Å². The van der Waals surface area contributed by atoms with Crippen LogP contribution in [0.1, 0.15) is 77.6 Å². The molecule has 0 aliphatic heterocycles. The van der Waals surface area contributed by atoms with Crippen molar-refractivity contribution in [3.8, 4) is 5.75 Å². The number of para-hydroxylation sites is 1. The van der Waals surface area contributed by atoms with Gasteiger partial charge in [0, 0.05) is 11.7 Å². The quantitative estimate of drug-likeness (QED) is 0.380. The first-order valence-electron chi connectivity index (χ1n) is 13.1. The van der Waals surface area contributed by atoms with Crippen molar-refractivity contribution < 1.29 is 24.2 Å². The maximum atomic E-state index is 14.2. The lowest BCUT2D eigenvalue weighted by Crippen LogP contribution is -2.56. The maximum absolute atomic E-state index is 14.2. The van der Waals surface area contributed by atoms with Gasteiger partial charge in [0.05, 0.1) is 0 Å². The molecular weight excluding hydrogens is 482 g/mol. The minimum atomic E-state index is -1.06. The van der Waals surface area contributed by atoms with Crippen molar-refractivity contribution in [1.82, 2.24) is 10.2 Å². The number of anilines is 1. The number of amides is 3. The highest BCUT2D eigenvalue weighted by molar-refractivity contribution is 6.00. The Balaban J connectivity index is 2.60. The highest BCUT2D eigenvalue weighted by Gasteiger charge is 2.39. The molecule has 3 N–H and O–H groups in total. The zero-order chi connectivity index (χ0) is 28.8. The number of nitrogens with one attached hydrogen (secondary N) is 2. The second kappa shape index (κ2) is 12.8. The summed E-state index contributed by atoms with van der Waals surface area (Å²) in [5, 5.41) is 16.0. The number of phenolic OH excluding ortho intramolecular Hbond substituents is 1. The minimum Gasteiger partial charge on any atom is -0.508 e. The van der Waals surface area contributed by atoms with Gasteiger partial charge in [-0.25, -0.2) is 4.79 Å². The van der Waals surface area contributed by atoms with E-state index in [9.17, 15) is 19.5 Å². The van der Waals surface area contributed by atoms with E-state index in [4.69, 9.17) is 4.74 Å². The first-order chi connectivity index (χ1) is 17.7. The number of nitrogens with zero attached hydrogens (tertiary/aromatic N) is 1. The zero-order valence-electron chi connectivity index (χ0n) is 24.1. The van der Waals surface area contributed by atoms with Crippen LogP contribution in [0.2, 0.25) is 0 Å². The Kier molecular flexibility index (Phi) is 10.3. The molecule has 0 radical (unpaired) electrons. The molecule has 8 heteroatoms. The van der Waals surface area contributed by atoms with E-state index < -0.39 is 35.6 Å². The topological polar surface area (TPSA) is 108 Å². The van der Waals surface area contributed by atoms with Crippen LogP contribution in [-0.4, -0.2) is 45.6 Å². The van der Waals surface area contributed by atoms with Crippen LogP contribution in [0.25, 0.3) is 0 Å². The standard InChI is InChI=1S/C30H43N3O5/c1-10-21(6)33(28(36)24(18(2)3)32-29(37)38-30(7,8)9)26(22-15-12-16-23(34)17-22)27(35)31-25-19(4)13-11-14-20(25)5/h11-18,21,24,26,34H,10H2,1-9H3,(H,31,35)(H,32,37). The van der Waals surface area contributed by atoms with Gasteiger partial charge in [-0.3, -0.25) is 9.59 Å². The summed E-state index contributed by atoms with van der Waals surface area (Å²) in [7, 11) is 0. The average molecular weight is 526 g/mol. The van der Waals surface area contributed by atoms with Crippen molar-refractivity contribution in [2.24, 2.45) is 5.92 Å². The Labute approximate surface area is 226 Å².